The second-order valence-corrected chi connectivity index (χ2v) is 9.25. The van der Waals surface area contributed by atoms with Gasteiger partial charge in [-0.15, -0.1) is 0 Å². The lowest BCUT2D eigenvalue weighted by Gasteiger charge is -2.47. The number of piperazine rings is 1. The minimum atomic E-state index is -0.671. The van der Waals surface area contributed by atoms with Crippen molar-refractivity contribution in [1.82, 2.24) is 24.3 Å². The zero-order chi connectivity index (χ0) is 24.8. The molecule has 2 aromatic carbocycles. The standard InChI is InChI=1S/C26H24N6O4/c33-23-15-30(11-4-10-29-12-9-27-16-29)26(34)22-14-20-19-7-1-2-8-21(19)28-24(20)25(31(22)23)17-5-3-6-18(13-17)32(35)36/h1-3,5-9,12-13,16,22,25,28H,4,10-11,14-15H2/t22-,25-/m0/s1. The summed E-state index contributed by atoms with van der Waals surface area (Å²) >= 11 is 0. The highest BCUT2D eigenvalue weighted by Gasteiger charge is 2.48. The summed E-state index contributed by atoms with van der Waals surface area (Å²) in [6.45, 7) is 1.16. The summed E-state index contributed by atoms with van der Waals surface area (Å²) in [6, 6.07) is 12.9. The number of hydrogen-bond acceptors (Lipinski definition) is 5. The molecular weight excluding hydrogens is 460 g/mol. The largest absolute Gasteiger partial charge is 0.356 e. The number of aromatic nitrogens is 3. The molecule has 182 valence electrons. The van der Waals surface area contributed by atoms with Crippen molar-refractivity contribution >= 4 is 28.4 Å². The Hall–Kier alpha value is -4.47. The van der Waals surface area contributed by atoms with Gasteiger partial charge >= 0.3 is 0 Å². The number of carbonyl (C=O) groups excluding carboxylic acids is 2. The normalized spacial score (nSPS) is 19.4. The summed E-state index contributed by atoms with van der Waals surface area (Å²) in [7, 11) is 0. The van der Waals surface area contributed by atoms with Crippen LogP contribution in [-0.4, -0.2) is 60.2 Å². The number of amides is 2. The predicted molar refractivity (Wildman–Crippen MR) is 131 cm³/mol. The van der Waals surface area contributed by atoms with Crippen molar-refractivity contribution in [3.63, 3.8) is 0 Å². The van der Waals surface area contributed by atoms with E-state index in [2.05, 4.69) is 9.97 Å². The van der Waals surface area contributed by atoms with Crippen molar-refractivity contribution in [3.05, 3.63) is 94.2 Å². The van der Waals surface area contributed by atoms with E-state index in [1.54, 1.807) is 34.5 Å². The van der Waals surface area contributed by atoms with E-state index in [0.29, 0.717) is 31.5 Å². The fraction of sp³-hybridized carbons (Fsp3) is 0.269. The van der Waals surface area contributed by atoms with Crippen LogP contribution in [0.25, 0.3) is 10.9 Å². The van der Waals surface area contributed by atoms with Crippen LogP contribution in [0.4, 0.5) is 5.69 Å². The zero-order valence-corrected chi connectivity index (χ0v) is 19.4. The third-order valence-corrected chi connectivity index (χ3v) is 7.14. The van der Waals surface area contributed by atoms with Gasteiger partial charge in [0, 0.05) is 60.6 Å². The number of H-pyrrole nitrogens is 1. The van der Waals surface area contributed by atoms with Crippen molar-refractivity contribution in [2.24, 2.45) is 0 Å². The Morgan fingerprint density at radius 2 is 1.97 bits per heavy atom. The predicted octanol–water partition coefficient (Wildman–Crippen LogP) is 3.05. The molecule has 2 amide bonds. The smallest absolute Gasteiger partial charge is 0.269 e. The molecule has 1 saturated heterocycles. The number of rotatable bonds is 6. The van der Waals surface area contributed by atoms with Gasteiger partial charge in [0.1, 0.15) is 6.04 Å². The molecule has 1 N–H and O–H groups in total. The molecule has 2 aliphatic rings. The number of benzene rings is 2. The number of nitrogens with zero attached hydrogens (tertiary/aromatic N) is 5. The van der Waals surface area contributed by atoms with Crippen LogP contribution in [0.1, 0.15) is 29.3 Å². The van der Waals surface area contributed by atoms with Crippen LogP contribution in [0, 0.1) is 10.1 Å². The molecule has 0 bridgehead atoms. The van der Waals surface area contributed by atoms with Crippen molar-refractivity contribution in [2.75, 3.05) is 13.1 Å². The van der Waals surface area contributed by atoms with E-state index in [9.17, 15) is 19.7 Å². The minimum Gasteiger partial charge on any atom is -0.356 e. The lowest BCUT2D eigenvalue weighted by molar-refractivity contribution is -0.384. The fourth-order valence-corrected chi connectivity index (χ4v) is 5.53. The van der Waals surface area contributed by atoms with Gasteiger partial charge < -0.3 is 19.4 Å². The molecule has 4 heterocycles. The topological polar surface area (TPSA) is 117 Å². The molecule has 0 unspecified atom stereocenters. The molecule has 10 heteroatoms. The Bertz CT molecular complexity index is 1480. The van der Waals surface area contributed by atoms with Crippen LogP contribution in [0.2, 0.25) is 0 Å². The van der Waals surface area contributed by atoms with E-state index in [1.165, 1.54) is 12.1 Å². The number of hydrogen-bond donors (Lipinski definition) is 1. The molecule has 0 saturated carbocycles. The molecule has 2 aliphatic heterocycles. The van der Waals surface area contributed by atoms with Crippen molar-refractivity contribution in [2.45, 2.75) is 31.5 Å². The van der Waals surface area contributed by atoms with Gasteiger partial charge in [0.2, 0.25) is 11.8 Å². The highest BCUT2D eigenvalue weighted by molar-refractivity contribution is 5.97. The molecule has 1 fully saturated rings. The zero-order valence-electron chi connectivity index (χ0n) is 19.4. The van der Waals surface area contributed by atoms with E-state index in [4.69, 9.17) is 0 Å². The monoisotopic (exact) mass is 484 g/mol. The van der Waals surface area contributed by atoms with Crippen LogP contribution in [0.3, 0.4) is 0 Å². The molecule has 0 radical (unpaired) electrons. The third-order valence-electron chi connectivity index (χ3n) is 7.14. The van der Waals surface area contributed by atoms with Gasteiger partial charge in [-0.25, -0.2) is 4.98 Å². The summed E-state index contributed by atoms with van der Waals surface area (Å²) in [4.78, 5) is 49.1. The van der Waals surface area contributed by atoms with E-state index >= 15 is 0 Å². The molecule has 2 aromatic heterocycles. The Labute approximate surface area is 206 Å². The number of aromatic amines is 1. The second-order valence-electron chi connectivity index (χ2n) is 9.25. The Morgan fingerprint density at radius 1 is 1.11 bits per heavy atom. The van der Waals surface area contributed by atoms with Gasteiger partial charge in [-0.3, -0.25) is 19.7 Å². The van der Waals surface area contributed by atoms with Crippen LogP contribution in [0.15, 0.2) is 67.3 Å². The Kier molecular flexibility index (Phi) is 5.28. The van der Waals surface area contributed by atoms with Crippen LogP contribution >= 0.6 is 0 Å². The average molecular weight is 485 g/mol. The number of para-hydroxylation sites is 1. The quantitative estimate of drug-likeness (QED) is 0.333. The third kappa shape index (κ3) is 3.62. The minimum absolute atomic E-state index is 0.0136. The highest BCUT2D eigenvalue weighted by Crippen LogP contribution is 2.43. The first-order valence-electron chi connectivity index (χ1n) is 11.9. The van der Waals surface area contributed by atoms with Gasteiger partial charge in [-0.2, -0.15) is 0 Å². The van der Waals surface area contributed by atoms with Crippen LogP contribution in [-0.2, 0) is 22.6 Å². The molecule has 6 rings (SSSR count). The van der Waals surface area contributed by atoms with Gasteiger partial charge in [-0.1, -0.05) is 30.3 Å². The summed E-state index contributed by atoms with van der Waals surface area (Å²) < 4.78 is 1.94. The number of nitro groups is 1. The number of imidazole rings is 1. The van der Waals surface area contributed by atoms with E-state index in [1.807, 2.05) is 35.0 Å². The average Bonchev–Trinajstić information content (AvgIpc) is 3.53. The first-order chi connectivity index (χ1) is 17.5. The summed E-state index contributed by atoms with van der Waals surface area (Å²) in [5.41, 5.74) is 3.25. The summed E-state index contributed by atoms with van der Waals surface area (Å²) in [5, 5.41) is 12.5. The maximum absolute atomic E-state index is 13.7. The number of aryl methyl sites for hydroxylation is 1. The van der Waals surface area contributed by atoms with E-state index in [-0.39, 0.29) is 24.0 Å². The molecular formula is C26H24N6O4. The first-order valence-corrected chi connectivity index (χ1v) is 11.9. The van der Waals surface area contributed by atoms with Crippen molar-refractivity contribution < 1.29 is 14.5 Å². The number of fused-ring (bicyclic) bond motifs is 4. The van der Waals surface area contributed by atoms with E-state index in [0.717, 1.165) is 22.2 Å². The van der Waals surface area contributed by atoms with Gasteiger partial charge in [0.25, 0.3) is 5.69 Å². The molecule has 0 spiro atoms. The molecule has 4 aromatic rings. The lowest BCUT2D eigenvalue weighted by Crippen LogP contribution is -2.63. The second kappa shape index (κ2) is 8.63. The summed E-state index contributed by atoms with van der Waals surface area (Å²) in [5.74, 6) is -0.255. The Morgan fingerprint density at radius 3 is 2.78 bits per heavy atom. The van der Waals surface area contributed by atoms with Crippen molar-refractivity contribution in [1.29, 1.82) is 0 Å². The van der Waals surface area contributed by atoms with Gasteiger partial charge in [0.05, 0.1) is 23.8 Å². The fourth-order valence-electron chi connectivity index (χ4n) is 5.53. The van der Waals surface area contributed by atoms with Crippen LogP contribution in [0.5, 0.6) is 0 Å². The number of non-ortho nitro benzene ring substituents is 1. The number of nitro benzene ring substituents is 1. The maximum atomic E-state index is 13.7. The Balaban J connectivity index is 1.39. The van der Waals surface area contributed by atoms with Gasteiger partial charge in [0.15, 0.2) is 0 Å². The first kappa shape index (κ1) is 22.0. The SMILES string of the molecule is O=C1[C@@H]2Cc3c([nH]c4ccccc34)[C@H](c3cccc([N+](=O)[O-])c3)N2C(=O)CN1CCCn1ccnc1. The highest BCUT2D eigenvalue weighted by atomic mass is 16.6. The number of nitrogens with one attached hydrogen (secondary N) is 1. The van der Waals surface area contributed by atoms with Gasteiger partial charge in [-0.05, 0) is 23.6 Å². The van der Waals surface area contributed by atoms with Crippen LogP contribution < -0.4 is 0 Å². The summed E-state index contributed by atoms with van der Waals surface area (Å²) in [6.07, 6.45) is 6.41. The number of carbonyl (C=O) groups is 2. The van der Waals surface area contributed by atoms with E-state index < -0.39 is 17.0 Å². The van der Waals surface area contributed by atoms with Crippen molar-refractivity contribution in [3.8, 4) is 0 Å². The lowest BCUT2D eigenvalue weighted by atomic mass is 9.86. The molecule has 2 atom stereocenters. The molecule has 0 aliphatic carbocycles. The maximum Gasteiger partial charge on any atom is 0.269 e. The molecule has 10 nitrogen and oxygen atoms in total. The molecule has 36 heavy (non-hydrogen) atoms.